The van der Waals surface area contributed by atoms with E-state index in [2.05, 4.69) is 26.8 Å². The van der Waals surface area contributed by atoms with Gasteiger partial charge in [-0.15, -0.1) is 0 Å². The molecule has 30 heavy (non-hydrogen) atoms. The summed E-state index contributed by atoms with van der Waals surface area (Å²) in [7, 11) is -3.21. The van der Waals surface area contributed by atoms with E-state index < -0.39 is 9.84 Å². The predicted octanol–water partition coefficient (Wildman–Crippen LogP) is 2.84. The Hall–Kier alpha value is -3.13. The highest BCUT2D eigenvalue weighted by atomic mass is 32.2. The van der Waals surface area contributed by atoms with Crippen LogP contribution < -0.4 is 10.6 Å². The smallest absolute Gasteiger partial charge is 0.191 e. The van der Waals surface area contributed by atoms with E-state index in [1.807, 2.05) is 61.1 Å². The van der Waals surface area contributed by atoms with Crippen LogP contribution in [0.25, 0.3) is 5.69 Å². The molecule has 0 saturated carbocycles. The monoisotopic (exact) mass is 425 g/mol. The van der Waals surface area contributed by atoms with Gasteiger partial charge in [-0.2, -0.15) is 5.10 Å². The lowest BCUT2D eigenvalue weighted by Gasteiger charge is -2.13. The minimum Gasteiger partial charge on any atom is -0.357 e. The summed E-state index contributed by atoms with van der Waals surface area (Å²) >= 11 is 0. The van der Waals surface area contributed by atoms with Gasteiger partial charge in [0.25, 0.3) is 0 Å². The lowest BCUT2D eigenvalue weighted by atomic mass is 10.1. The lowest BCUT2D eigenvalue weighted by molar-refractivity contribution is 0.601. The molecule has 2 N–H and O–H groups in total. The van der Waals surface area contributed by atoms with Crippen LogP contribution >= 0.6 is 0 Å². The molecule has 0 aliphatic heterocycles. The number of nitrogens with zero attached hydrogens (tertiary/aromatic N) is 3. The molecular weight excluding hydrogens is 398 g/mol. The number of nitrogens with one attached hydrogen (secondary N) is 2. The van der Waals surface area contributed by atoms with E-state index in [-0.39, 0.29) is 0 Å². The summed E-state index contributed by atoms with van der Waals surface area (Å²) in [5.74, 6) is 0.701. The molecule has 0 saturated heterocycles. The van der Waals surface area contributed by atoms with Gasteiger partial charge in [-0.25, -0.2) is 18.1 Å². The summed E-state index contributed by atoms with van der Waals surface area (Å²) < 4.78 is 25.4. The Kier molecular flexibility index (Phi) is 6.89. The second-order valence-electron chi connectivity index (χ2n) is 7.04. The SMILES string of the molecule is CCNC(=NCc1cccc(-n2cccn2)c1)NCc1ccc(S(C)(=O)=O)c(C)c1. The quantitative estimate of drug-likeness (QED) is 0.449. The molecule has 1 heterocycles. The van der Waals surface area contributed by atoms with Crippen LogP contribution in [0.5, 0.6) is 0 Å². The fourth-order valence-corrected chi connectivity index (χ4v) is 4.11. The third-order valence-corrected chi connectivity index (χ3v) is 5.80. The van der Waals surface area contributed by atoms with Gasteiger partial charge in [-0.05, 0) is 54.8 Å². The van der Waals surface area contributed by atoms with Crippen LogP contribution in [0.3, 0.4) is 0 Å². The molecule has 0 aliphatic rings. The predicted molar refractivity (Wildman–Crippen MR) is 120 cm³/mol. The summed E-state index contributed by atoms with van der Waals surface area (Å²) in [6.45, 7) is 5.64. The van der Waals surface area contributed by atoms with Crippen molar-refractivity contribution in [1.29, 1.82) is 0 Å². The Morgan fingerprint density at radius 1 is 1.10 bits per heavy atom. The van der Waals surface area contributed by atoms with Crippen LogP contribution in [0.1, 0.15) is 23.6 Å². The average molecular weight is 426 g/mol. The van der Waals surface area contributed by atoms with Crippen LogP contribution in [0.15, 0.2) is 70.8 Å². The third kappa shape index (κ3) is 5.70. The minimum atomic E-state index is -3.21. The average Bonchev–Trinajstić information content (AvgIpc) is 3.24. The summed E-state index contributed by atoms with van der Waals surface area (Å²) in [6, 6.07) is 15.4. The van der Waals surface area contributed by atoms with E-state index >= 15 is 0 Å². The van der Waals surface area contributed by atoms with Gasteiger partial charge in [0.15, 0.2) is 15.8 Å². The maximum Gasteiger partial charge on any atom is 0.191 e. The van der Waals surface area contributed by atoms with Crippen molar-refractivity contribution in [1.82, 2.24) is 20.4 Å². The number of aromatic nitrogens is 2. The molecule has 0 unspecified atom stereocenters. The molecule has 2 aromatic carbocycles. The largest absolute Gasteiger partial charge is 0.357 e. The first-order chi connectivity index (χ1) is 14.4. The van der Waals surface area contributed by atoms with Gasteiger partial charge in [0.2, 0.25) is 0 Å². The van der Waals surface area contributed by atoms with E-state index in [9.17, 15) is 8.42 Å². The van der Waals surface area contributed by atoms with Gasteiger partial charge in [0.1, 0.15) is 0 Å². The normalized spacial score (nSPS) is 12.0. The summed E-state index contributed by atoms with van der Waals surface area (Å²) in [5.41, 5.74) is 3.81. The molecule has 8 heteroatoms. The van der Waals surface area contributed by atoms with Gasteiger partial charge in [-0.3, -0.25) is 0 Å². The first-order valence-electron chi connectivity index (χ1n) is 9.77. The lowest BCUT2D eigenvalue weighted by Crippen LogP contribution is -2.36. The summed E-state index contributed by atoms with van der Waals surface area (Å²) in [6.07, 6.45) is 4.89. The van der Waals surface area contributed by atoms with Crippen molar-refractivity contribution >= 4 is 15.8 Å². The number of rotatable bonds is 7. The standard InChI is InChI=1S/C22H27N5O2S/c1-4-23-22(25-16-19-9-10-21(17(2)13-19)30(3,28)29)24-15-18-7-5-8-20(14-18)27-12-6-11-26-27/h5-14H,4,15-16H2,1-3H3,(H2,23,24,25). The minimum absolute atomic E-state index is 0.365. The van der Waals surface area contributed by atoms with Crippen molar-refractivity contribution in [3.63, 3.8) is 0 Å². The highest BCUT2D eigenvalue weighted by Gasteiger charge is 2.11. The van der Waals surface area contributed by atoms with Crippen molar-refractivity contribution in [2.24, 2.45) is 4.99 Å². The number of guanidine groups is 1. The zero-order valence-electron chi connectivity index (χ0n) is 17.5. The highest BCUT2D eigenvalue weighted by molar-refractivity contribution is 7.90. The van der Waals surface area contributed by atoms with Crippen LogP contribution in [-0.2, 0) is 22.9 Å². The van der Waals surface area contributed by atoms with Gasteiger partial charge < -0.3 is 10.6 Å². The summed E-state index contributed by atoms with van der Waals surface area (Å²) in [5, 5.41) is 10.8. The molecule has 3 rings (SSSR count). The van der Waals surface area contributed by atoms with Gasteiger partial charge in [0, 0.05) is 31.7 Å². The van der Waals surface area contributed by atoms with Gasteiger partial charge in [-0.1, -0.05) is 24.3 Å². The highest BCUT2D eigenvalue weighted by Crippen LogP contribution is 2.16. The van der Waals surface area contributed by atoms with E-state index in [0.29, 0.717) is 23.9 Å². The number of hydrogen-bond donors (Lipinski definition) is 2. The first-order valence-corrected chi connectivity index (χ1v) is 11.7. The van der Waals surface area contributed by atoms with Crippen molar-refractivity contribution < 1.29 is 8.42 Å². The van der Waals surface area contributed by atoms with E-state index in [0.717, 1.165) is 28.9 Å². The van der Waals surface area contributed by atoms with Crippen LogP contribution in [0.4, 0.5) is 0 Å². The molecule has 3 aromatic rings. The molecular formula is C22H27N5O2S. The Labute approximate surface area is 177 Å². The maximum atomic E-state index is 11.8. The Morgan fingerprint density at radius 2 is 1.93 bits per heavy atom. The molecule has 0 radical (unpaired) electrons. The Bertz CT molecular complexity index is 1120. The fraction of sp³-hybridized carbons (Fsp3) is 0.273. The zero-order valence-corrected chi connectivity index (χ0v) is 18.3. The van der Waals surface area contributed by atoms with Crippen molar-refractivity contribution in [2.75, 3.05) is 12.8 Å². The molecule has 0 bridgehead atoms. The fourth-order valence-electron chi connectivity index (χ4n) is 3.15. The molecule has 0 atom stereocenters. The zero-order chi connectivity index (χ0) is 21.6. The summed E-state index contributed by atoms with van der Waals surface area (Å²) in [4.78, 5) is 5.03. The molecule has 158 valence electrons. The number of sulfone groups is 1. The number of aryl methyl sites for hydroxylation is 1. The maximum absolute atomic E-state index is 11.8. The van der Waals surface area contributed by atoms with Crippen LogP contribution in [0, 0.1) is 6.92 Å². The Morgan fingerprint density at radius 3 is 2.60 bits per heavy atom. The van der Waals surface area contributed by atoms with Crippen molar-refractivity contribution in [3.05, 3.63) is 77.6 Å². The number of hydrogen-bond acceptors (Lipinski definition) is 4. The molecule has 1 aromatic heterocycles. The van der Waals surface area contributed by atoms with E-state index in [4.69, 9.17) is 0 Å². The first kappa shape index (κ1) is 21.6. The topological polar surface area (TPSA) is 88.4 Å². The number of aliphatic imine (C=N–C) groups is 1. The second kappa shape index (κ2) is 9.58. The van der Waals surface area contributed by atoms with E-state index in [1.165, 1.54) is 6.26 Å². The molecule has 7 nitrogen and oxygen atoms in total. The van der Waals surface area contributed by atoms with Crippen molar-refractivity contribution in [2.45, 2.75) is 31.8 Å². The second-order valence-corrected chi connectivity index (χ2v) is 9.03. The van der Waals surface area contributed by atoms with E-state index in [1.54, 1.807) is 12.3 Å². The number of benzene rings is 2. The molecule has 0 spiro atoms. The molecule has 0 aliphatic carbocycles. The van der Waals surface area contributed by atoms with Crippen LogP contribution in [-0.4, -0.2) is 37.0 Å². The van der Waals surface area contributed by atoms with Crippen LogP contribution in [0.2, 0.25) is 0 Å². The van der Waals surface area contributed by atoms with Gasteiger partial charge >= 0.3 is 0 Å². The molecule has 0 fully saturated rings. The van der Waals surface area contributed by atoms with Gasteiger partial charge in [0.05, 0.1) is 17.1 Å². The third-order valence-electron chi connectivity index (χ3n) is 4.54. The van der Waals surface area contributed by atoms with Crippen molar-refractivity contribution in [3.8, 4) is 5.69 Å². The Balaban J connectivity index is 1.68. The molecule has 0 amide bonds.